The molecule has 0 amide bonds. The monoisotopic (exact) mass is 244 g/mol. The molecule has 0 spiro atoms. The highest BCUT2D eigenvalue weighted by Gasteiger charge is 2.39. The van der Waals surface area contributed by atoms with E-state index in [-0.39, 0.29) is 0 Å². The van der Waals surface area contributed by atoms with Crippen LogP contribution in [0.1, 0.15) is 12.8 Å². The van der Waals surface area contributed by atoms with Crippen LogP contribution in [0.4, 0.5) is 13.2 Å². The van der Waals surface area contributed by atoms with Gasteiger partial charge < -0.3 is 5.11 Å². The van der Waals surface area contributed by atoms with Crippen molar-refractivity contribution >= 4 is 15.9 Å². The highest BCUT2D eigenvalue weighted by Crippen LogP contribution is 2.36. The van der Waals surface area contributed by atoms with Gasteiger partial charge in [0, 0.05) is 10.4 Å². The van der Waals surface area contributed by atoms with E-state index in [1.807, 2.05) is 0 Å². The van der Waals surface area contributed by atoms with Crippen molar-refractivity contribution < 1.29 is 18.3 Å². The molecule has 0 saturated heterocycles. The summed E-state index contributed by atoms with van der Waals surface area (Å²) < 4.78 is 36.5. The quantitative estimate of drug-likeness (QED) is 0.513. The molecule has 12 heavy (non-hydrogen) atoms. The van der Waals surface area contributed by atoms with Crippen LogP contribution in [0.5, 0.6) is 0 Å². The van der Waals surface area contributed by atoms with Crippen molar-refractivity contribution in [3.8, 4) is 0 Å². The Labute approximate surface area is 76.4 Å². The van der Waals surface area contributed by atoms with Gasteiger partial charge in [-0.05, 0) is 18.9 Å². The Hall–Kier alpha value is -0.0300. The smallest absolute Gasteiger partial charge is 0.389 e. The maximum atomic E-state index is 12.2. The van der Waals surface area contributed by atoms with E-state index >= 15 is 0 Å². The molecule has 2 unspecified atom stereocenters. The number of halogens is 4. The topological polar surface area (TPSA) is 20.2 Å². The minimum atomic E-state index is -4.32. The molecule has 0 aliphatic heterocycles. The number of allylic oxidation sites excluding steroid dienone is 1. The number of alkyl halides is 4. The molecule has 0 saturated carbocycles. The first-order valence-corrected chi connectivity index (χ1v) is 4.44. The zero-order chi connectivity index (χ0) is 9.35. The van der Waals surface area contributed by atoms with Crippen LogP contribution in [0.15, 0.2) is 11.6 Å². The van der Waals surface area contributed by atoms with Gasteiger partial charge in [0.2, 0.25) is 0 Å². The fourth-order valence-electron chi connectivity index (χ4n) is 1.14. The lowest BCUT2D eigenvalue weighted by Crippen LogP contribution is -2.26. The molecule has 0 heterocycles. The molecule has 0 aromatic carbocycles. The van der Waals surface area contributed by atoms with E-state index in [9.17, 15) is 13.2 Å². The van der Waals surface area contributed by atoms with Gasteiger partial charge in [0.1, 0.15) is 0 Å². The average molecular weight is 245 g/mol. The third-order valence-electron chi connectivity index (χ3n) is 1.75. The lowest BCUT2D eigenvalue weighted by Gasteiger charge is -2.23. The number of rotatable bonds is 0. The first kappa shape index (κ1) is 10.1. The molecule has 5 heteroatoms. The number of aliphatic hydroxyl groups is 1. The zero-order valence-corrected chi connectivity index (χ0v) is 7.69. The molecule has 70 valence electrons. The summed E-state index contributed by atoms with van der Waals surface area (Å²) in [6.45, 7) is 0. The van der Waals surface area contributed by atoms with Crippen LogP contribution in [-0.2, 0) is 0 Å². The molecule has 1 rings (SSSR count). The summed E-state index contributed by atoms with van der Waals surface area (Å²) in [6.07, 6.45) is -3.68. The predicted octanol–water partition coefficient (Wildman–Crippen LogP) is 2.39. The van der Waals surface area contributed by atoms with Gasteiger partial charge in [-0.2, -0.15) is 13.2 Å². The van der Waals surface area contributed by atoms with Gasteiger partial charge in [0.15, 0.2) is 0 Å². The maximum Gasteiger partial charge on any atom is 0.413 e. The van der Waals surface area contributed by atoms with E-state index in [4.69, 9.17) is 5.11 Å². The molecule has 1 aliphatic carbocycles. The van der Waals surface area contributed by atoms with Gasteiger partial charge in [-0.25, -0.2) is 0 Å². The predicted molar refractivity (Wildman–Crippen MR) is 42.1 cm³/mol. The summed E-state index contributed by atoms with van der Waals surface area (Å²) in [7, 11) is 0. The summed E-state index contributed by atoms with van der Waals surface area (Å²) in [5.41, 5.74) is -0.666. The highest BCUT2D eigenvalue weighted by atomic mass is 79.9. The molecule has 2 atom stereocenters. The fraction of sp³-hybridized carbons (Fsp3) is 0.714. The van der Waals surface area contributed by atoms with E-state index in [0.29, 0.717) is 12.8 Å². The standard InChI is InChI=1S/C7H8BrF3O/c8-6-2-1-4(12)3-5(6)7(9,10)11/h3-4,6,12H,1-2H2. The third-order valence-corrected chi connectivity index (χ3v) is 2.70. The molecule has 0 radical (unpaired) electrons. The lowest BCUT2D eigenvalue weighted by atomic mass is 9.97. The zero-order valence-electron chi connectivity index (χ0n) is 6.11. The molecule has 1 N–H and O–H groups in total. The van der Waals surface area contributed by atoms with E-state index < -0.39 is 22.7 Å². The number of hydrogen-bond acceptors (Lipinski definition) is 1. The van der Waals surface area contributed by atoms with Crippen molar-refractivity contribution in [3.05, 3.63) is 11.6 Å². The van der Waals surface area contributed by atoms with Crippen molar-refractivity contribution in [2.24, 2.45) is 0 Å². The van der Waals surface area contributed by atoms with Crippen molar-refractivity contribution in [3.63, 3.8) is 0 Å². The van der Waals surface area contributed by atoms with Gasteiger partial charge in [0.25, 0.3) is 0 Å². The van der Waals surface area contributed by atoms with Crippen LogP contribution >= 0.6 is 15.9 Å². The van der Waals surface area contributed by atoms with Crippen LogP contribution in [0.3, 0.4) is 0 Å². The van der Waals surface area contributed by atoms with E-state index in [1.165, 1.54) is 0 Å². The summed E-state index contributed by atoms with van der Waals surface area (Å²) in [5.74, 6) is 0. The second-order valence-corrected chi connectivity index (χ2v) is 3.84. The minimum absolute atomic E-state index is 0.326. The van der Waals surface area contributed by atoms with Crippen LogP contribution in [-0.4, -0.2) is 22.2 Å². The Kier molecular flexibility index (Phi) is 2.83. The summed E-state index contributed by atoms with van der Waals surface area (Å²) >= 11 is 2.92. The fourth-order valence-corrected chi connectivity index (χ4v) is 1.82. The molecule has 0 aromatic rings. The van der Waals surface area contributed by atoms with Crippen molar-refractivity contribution in [1.82, 2.24) is 0 Å². The van der Waals surface area contributed by atoms with Crippen molar-refractivity contribution in [2.45, 2.75) is 29.9 Å². The second-order valence-electron chi connectivity index (χ2n) is 2.73. The SMILES string of the molecule is OC1C=C(C(F)(F)F)C(Br)CC1. The summed E-state index contributed by atoms with van der Waals surface area (Å²) in [4.78, 5) is -0.666. The van der Waals surface area contributed by atoms with E-state index in [1.54, 1.807) is 0 Å². The number of aliphatic hydroxyl groups excluding tert-OH is 1. The summed E-state index contributed by atoms with van der Waals surface area (Å²) in [6, 6.07) is 0. The first-order valence-electron chi connectivity index (χ1n) is 3.52. The Morgan fingerprint density at radius 2 is 2.00 bits per heavy atom. The van der Waals surface area contributed by atoms with Crippen molar-refractivity contribution in [2.75, 3.05) is 0 Å². The largest absolute Gasteiger partial charge is 0.413 e. The molecule has 0 bridgehead atoms. The Bertz CT molecular complexity index is 199. The van der Waals surface area contributed by atoms with Gasteiger partial charge in [0.05, 0.1) is 6.10 Å². The maximum absolute atomic E-state index is 12.2. The molecule has 0 aromatic heterocycles. The highest BCUT2D eigenvalue weighted by molar-refractivity contribution is 9.09. The lowest BCUT2D eigenvalue weighted by molar-refractivity contribution is -0.0954. The van der Waals surface area contributed by atoms with E-state index in [0.717, 1.165) is 6.08 Å². The molecular weight excluding hydrogens is 237 g/mol. The van der Waals surface area contributed by atoms with Gasteiger partial charge in [-0.1, -0.05) is 15.9 Å². The van der Waals surface area contributed by atoms with Crippen LogP contribution in [0.25, 0.3) is 0 Å². The van der Waals surface area contributed by atoms with Crippen molar-refractivity contribution in [1.29, 1.82) is 0 Å². The average Bonchev–Trinajstić information content (AvgIpc) is 1.92. The normalized spacial score (nSPS) is 31.6. The second kappa shape index (κ2) is 3.38. The third kappa shape index (κ3) is 2.23. The first-order chi connectivity index (χ1) is 5.41. The Balaban J connectivity index is 2.85. The molecule has 0 fully saturated rings. The van der Waals surface area contributed by atoms with Gasteiger partial charge in [-0.15, -0.1) is 0 Å². The molecule has 1 nitrogen and oxygen atoms in total. The van der Waals surface area contributed by atoms with Gasteiger partial charge >= 0.3 is 6.18 Å². The number of hydrogen-bond donors (Lipinski definition) is 1. The molecule has 1 aliphatic rings. The summed E-state index contributed by atoms with van der Waals surface area (Å²) in [5, 5.41) is 8.96. The molecular formula is C7H8BrF3O. The minimum Gasteiger partial charge on any atom is -0.389 e. The van der Waals surface area contributed by atoms with E-state index in [2.05, 4.69) is 15.9 Å². The van der Waals surface area contributed by atoms with Crippen LogP contribution in [0, 0.1) is 0 Å². The Morgan fingerprint density at radius 1 is 1.42 bits per heavy atom. The van der Waals surface area contributed by atoms with Gasteiger partial charge in [-0.3, -0.25) is 0 Å². The van der Waals surface area contributed by atoms with Crippen LogP contribution in [0.2, 0.25) is 0 Å². The Morgan fingerprint density at radius 3 is 2.42 bits per heavy atom. The van der Waals surface area contributed by atoms with Crippen LogP contribution < -0.4 is 0 Å².